The monoisotopic (exact) mass is 366 g/mol. The van der Waals surface area contributed by atoms with Crippen LogP contribution in [-0.2, 0) is 10.3 Å². The van der Waals surface area contributed by atoms with Gasteiger partial charge in [-0.15, -0.1) is 10.2 Å². The standard InChI is InChI=1S/C18H14N4O3S/c1-18(2)11-7-5-6-10(13(11)16(24)25-18)14(23)20-17-22-21-15(26-17)12-8-3-4-9-19-12/h3-9H,1-2H3,(H,20,22,23). The molecule has 130 valence electrons. The molecule has 0 bridgehead atoms. The van der Waals surface area contributed by atoms with Crippen LogP contribution in [0.2, 0.25) is 0 Å². The normalized spacial score (nSPS) is 14.6. The van der Waals surface area contributed by atoms with Crippen LogP contribution in [0.15, 0.2) is 42.6 Å². The van der Waals surface area contributed by atoms with Crippen molar-refractivity contribution in [1.29, 1.82) is 0 Å². The maximum absolute atomic E-state index is 12.7. The molecule has 0 saturated carbocycles. The number of aromatic nitrogens is 3. The third-order valence-corrected chi connectivity index (χ3v) is 4.90. The Labute approximate surface area is 153 Å². The van der Waals surface area contributed by atoms with Gasteiger partial charge in [-0.3, -0.25) is 15.1 Å². The van der Waals surface area contributed by atoms with E-state index >= 15 is 0 Å². The molecule has 0 atom stereocenters. The summed E-state index contributed by atoms with van der Waals surface area (Å²) in [6, 6.07) is 10.6. The highest BCUT2D eigenvalue weighted by atomic mass is 32.1. The number of carbonyl (C=O) groups excluding carboxylic acids is 2. The molecule has 7 nitrogen and oxygen atoms in total. The Morgan fingerprint density at radius 3 is 2.77 bits per heavy atom. The van der Waals surface area contributed by atoms with Gasteiger partial charge in [-0.25, -0.2) is 4.79 Å². The number of nitrogens with zero attached hydrogens (tertiary/aromatic N) is 3. The van der Waals surface area contributed by atoms with E-state index in [1.807, 2.05) is 18.2 Å². The van der Waals surface area contributed by atoms with Crippen LogP contribution in [0.4, 0.5) is 5.13 Å². The number of nitrogens with one attached hydrogen (secondary N) is 1. The lowest BCUT2D eigenvalue weighted by molar-refractivity contribution is 0.00947. The summed E-state index contributed by atoms with van der Waals surface area (Å²) in [4.78, 5) is 29.1. The highest BCUT2D eigenvalue weighted by Gasteiger charge is 2.40. The lowest BCUT2D eigenvalue weighted by Crippen LogP contribution is -2.16. The van der Waals surface area contributed by atoms with Crippen LogP contribution in [0.25, 0.3) is 10.7 Å². The Hall–Kier alpha value is -3.13. The summed E-state index contributed by atoms with van der Waals surface area (Å²) in [5.74, 6) is -0.928. The molecule has 0 unspecified atom stereocenters. The van der Waals surface area contributed by atoms with Crippen LogP contribution in [0.3, 0.4) is 0 Å². The molecule has 4 rings (SSSR count). The van der Waals surface area contributed by atoms with Crippen molar-refractivity contribution in [2.75, 3.05) is 5.32 Å². The number of ether oxygens (including phenoxy) is 1. The van der Waals surface area contributed by atoms with Gasteiger partial charge in [0, 0.05) is 11.8 Å². The third kappa shape index (κ3) is 2.74. The number of carbonyl (C=O) groups is 2. The van der Waals surface area contributed by atoms with Crippen molar-refractivity contribution in [1.82, 2.24) is 15.2 Å². The summed E-state index contributed by atoms with van der Waals surface area (Å²) in [5.41, 5.74) is 1.17. The number of benzene rings is 1. The molecule has 1 amide bonds. The van der Waals surface area contributed by atoms with E-state index in [2.05, 4.69) is 20.5 Å². The molecule has 1 N–H and O–H groups in total. The molecule has 0 aliphatic carbocycles. The Bertz CT molecular complexity index is 1010. The maximum atomic E-state index is 12.7. The quantitative estimate of drug-likeness (QED) is 0.715. The number of amides is 1. The second-order valence-electron chi connectivity index (χ2n) is 6.21. The van der Waals surface area contributed by atoms with E-state index in [1.54, 1.807) is 38.2 Å². The SMILES string of the molecule is CC1(C)OC(=O)c2c(C(=O)Nc3nnc(-c4ccccn4)s3)cccc21. The minimum absolute atomic E-state index is 0.257. The van der Waals surface area contributed by atoms with Crippen LogP contribution in [-0.4, -0.2) is 27.1 Å². The molecule has 0 saturated heterocycles. The summed E-state index contributed by atoms with van der Waals surface area (Å²) < 4.78 is 5.37. The van der Waals surface area contributed by atoms with Gasteiger partial charge in [0.15, 0.2) is 5.01 Å². The first-order valence-electron chi connectivity index (χ1n) is 7.89. The van der Waals surface area contributed by atoms with Gasteiger partial charge in [0.25, 0.3) is 5.91 Å². The first kappa shape index (κ1) is 16.3. The smallest absolute Gasteiger partial charge is 0.340 e. The molecule has 0 radical (unpaired) electrons. The van der Waals surface area contributed by atoms with E-state index < -0.39 is 17.5 Å². The second-order valence-corrected chi connectivity index (χ2v) is 7.19. The number of cyclic esters (lactones) is 1. The lowest BCUT2D eigenvalue weighted by atomic mass is 9.93. The lowest BCUT2D eigenvalue weighted by Gasteiger charge is -2.17. The highest BCUT2D eigenvalue weighted by molar-refractivity contribution is 7.18. The second kappa shape index (κ2) is 5.99. The Balaban J connectivity index is 1.62. The highest BCUT2D eigenvalue weighted by Crippen LogP contribution is 2.37. The van der Waals surface area contributed by atoms with Gasteiger partial charge >= 0.3 is 5.97 Å². The Morgan fingerprint density at radius 1 is 1.15 bits per heavy atom. The molecule has 2 aromatic heterocycles. The zero-order valence-corrected chi connectivity index (χ0v) is 14.8. The molecule has 3 heterocycles. The number of esters is 1. The summed E-state index contributed by atoms with van der Waals surface area (Å²) in [6.45, 7) is 3.59. The number of pyridine rings is 1. The number of hydrogen-bond donors (Lipinski definition) is 1. The van der Waals surface area contributed by atoms with Gasteiger partial charge in [0.2, 0.25) is 5.13 Å². The van der Waals surface area contributed by atoms with Gasteiger partial charge in [-0.05, 0) is 32.0 Å². The number of anilines is 1. The average Bonchev–Trinajstić information content (AvgIpc) is 3.18. The van der Waals surface area contributed by atoms with Crippen molar-refractivity contribution in [3.8, 4) is 10.7 Å². The van der Waals surface area contributed by atoms with Crippen LogP contribution in [0, 0.1) is 0 Å². The van der Waals surface area contributed by atoms with Crippen molar-refractivity contribution >= 4 is 28.3 Å². The fourth-order valence-corrected chi connectivity index (χ4v) is 3.55. The van der Waals surface area contributed by atoms with E-state index in [-0.39, 0.29) is 5.56 Å². The molecule has 3 aromatic rings. The molecular weight excluding hydrogens is 352 g/mol. The first-order chi connectivity index (χ1) is 12.5. The predicted octanol–water partition coefficient (Wildman–Crippen LogP) is 3.26. The topological polar surface area (TPSA) is 94.1 Å². The van der Waals surface area contributed by atoms with Gasteiger partial charge < -0.3 is 4.74 Å². The van der Waals surface area contributed by atoms with Crippen molar-refractivity contribution in [3.05, 3.63) is 59.3 Å². The summed E-state index contributed by atoms with van der Waals surface area (Å²) in [5, 5.41) is 11.6. The zero-order chi connectivity index (χ0) is 18.3. The van der Waals surface area contributed by atoms with Gasteiger partial charge in [-0.2, -0.15) is 0 Å². The van der Waals surface area contributed by atoms with E-state index in [4.69, 9.17) is 4.74 Å². The fourth-order valence-electron chi connectivity index (χ4n) is 2.83. The van der Waals surface area contributed by atoms with Crippen molar-refractivity contribution in [3.63, 3.8) is 0 Å². The summed E-state index contributed by atoms with van der Waals surface area (Å²) >= 11 is 1.21. The first-order valence-corrected chi connectivity index (χ1v) is 8.70. The summed E-state index contributed by atoms with van der Waals surface area (Å²) in [6.07, 6.45) is 1.66. The van der Waals surface area contributed by atoms with E-state index in [0.717, 1.165) is 0 Å². The Kier molecular flexibility index (Phi) is 3.77. The van der Waals surface area contributed by atoms with Crippen molar-refractivity contribution in [2.45, 2.75) is 19.4 Å². The average molecular weight is 366 g/mol. The van der Waals surface area contributed by atoms with Crippen LogP contribution >= 0.6 is 11.3 Å². The molecule has 1 aliphatic rings. The van der Waals surface area contributed by atoms with E-state index in [9.17, 15) is 9.59 Å². The van der Waals surface area contributed by atoms with Crippen LogP contribution < -0.4 is 5.32 Å². The van der Waals surface area contributed by atoms with Crippen LogP contribution in [0.1, 0.15) is 40.1 Å². The third-order valence-electron chi connectivity index (χ3n) is 4.04. The Morgan fingerprint density at radius 2 is 2.00 bits per heavy atom. The maximum Gasteiger partial charge on any atom is 0.340 e. The molecule has 1 aromatic carbocycles. The largest absolute Gasteiger partial charge is 0.451 e. The zero-order valence-electron chi connectivity index (χ0n) is 14.0. The molecule has 8 heteroatoms. The van der Waals surface area contributed by atoms with E-state index in [1.165, 1.54) is 11.3 Å². The van der Waals surface area contributed by atoms with Crippen LogP contribution in [0.5, 0.6) is 0 Å². The van der Waals surface area contributed by atoms with E-state index in [0.29, 0.717) is 27.0 Å². The molecule has 1 aliphatic heterocycles. The fraction of sp³-hybridized carbons (Fsp3) is 0.167. The number of rotatable bonds is 3. The van der Waals surface area contributed by atoms with Crippen molar-refractivity contribution < 1.29 is 14.3 Å². The number of fused-ring (bicyclic) bond motifs is 1. The van der Waals surface area contributed by atoms with Gasteiger partial charge in [0.05, 0.1) is 11.1 Å². The summed E-state index contributed by atoms with van der Waals surface area (Å²) in [7, 11) is 0. The molecule has 26 heavy (non-hydrogen) atoms. The minimum atomic E-state index is -0.752. The molecule has 0 spiro atoms. The van der Waals surface area contributed by atoms with Gasteiger partial charge in [0.1, 0.15) is 11.3 Å². The molecular formula is C18H14N4O3S. The van der Waals surface area contributed by atoms with Crippen molar-refractivity contribution in [2.24, 2.45) is 0 Å². The predicted molar refractivity (Wildman–Crippen MR) is 96.0 cm³/mol. The minimum Gasteiger partial charge on any atom is -0.451 e. The number of hydrogen-bond acceptors (Lipinski definition) is 7. The molecule has 0 fully saturated rings. The van der Waals surface area contributed by atoms with Gasteiger partial charge in [-0.1, -0.05) is 29.5 Å².